The lowest BCUT2D eigenvalue weighted by atomic mass is 10.2. The van der Waals surface area contributed by atoms with Crippen LogP contribution in [0.15, 0.2) is 19.1 Å². The van der Waals surface area contributed by atoms with E-state index < -0.39 is 11.2 Å². The van der Waals surface area contributed by atoms with Crippen molar-refractivity contribution in [1.29, 1.82) is 0 Å². The minimum atomic E-state index is -0.478. The molecule has 4 aromatic heterocycles. The summed E-state index contributed by atoms with van der Waals surface area (Å²) in [4.78, 5) is 50.4. The van der Waals surface area contributed by atoms with E-state index in [0.29, 0.717) is 26.4 Å². The fraction of sp³-hybridized carbons (Fsp3) is 0.312. The zero-order valence-corrected chi connectivity index (χ0v) is 17.4. The minimum absolute atomic E-state index is 0.151. The second-order valence-electron chi connectivity index (χ2n) is 6.32. The molecule has 0 aliphatic rings. The number of nitrogens with zero attached hydrogens (tertiary/aromatic N) is 5. The van der Waals surface area contributed by atoms with E-state index in [4.69, 9.17) is 0 Å². The van der Waals surface area contributed by atoms with Gasteiger partial charge in [-0.2, -0.15) is 0 Å². The molecule has 0 bridgehead atoms. The quantitative estimate of drug-likeness (QED) is 0.461. The number of thiophene rings is 1. The highest BCUT2D eigenvalue weighted by Gasteiger charge is 2.19. The first-order valence-corrected chi connectivity index (χ1v) is 9.62. The highest BCUT2D eigenvalue weighted by molar-refractivity contribution is 9.10. The molecule has 140 valence electrons. The van der Waals surface area contributed by atoms with Gasteiger partial charge in [0, 0.05) is 19.0 Å². The summed E-state index contributed by atoms with van der Waals surface area (Å²) in [6.45, 7) is 4.00. The van der Waals surface area contributed by atoms with E-state index in [1.54, 1.807) is 11.6 Å². The lowest BCUT2D eigenvalue weighted by Crippen LogP contribution is -2.37. The Morgan fingerprint density at radius 2 is 1.81 bits per heavy atom. The van der Waals surface area contributed by atoms with Gasteiger partial charge >= 0.3 is 5.69 Å². The zero-order chi connectivity index (χ0) is 19.6. The molecule has 11 heteroatoms. The van der Waals surface area contributed by atoms with Gasteiger partial charge in [0.25, 0.3) is 11.1 Å². The number of fused-ring (bicyclic) bond motifs is 2. The largest absolute Gasteiger partial charge is 0.332 e. The van der Waals surface area contributed by atoms with Crippen molar-refractivity contribution in [2.24, 2.45) is 14.1 Å². The number of nitrogens with one attached hydrogen (secondary N) is 1. The Balaban J connectivity index is 1.96. The van der Waals surface area contributed by atoms with Crippen molar-refractivity contribution < 1.29 is 0 Å². The maximum Gasteiger partial charge on any atom is 0.332 e. The van der Waals surface area contributed by atoms with Crippen LogP contribution in [0.3, 0.4) is 0 Å². The molecule has 0 saturated heterocycles. The Bertz CT molecular complexity index is 1420. The Labute approximate surface area is 164 Å². The van der Waals surface area contributed by atoms with E-state index in [1.165, 1.54) is 23.0 Å². The smallest absolute Gasteiger partial charge is 0.308 e. The van der Waals surface area contributed by atoms with E-state index in [1.807, 2.05) is 13.8 Å². The molecule has 4 aromatic rings. The Morgan fingerprint density at radius 1 is 1.11 bits per heavy atom. The SMILES string of the molecule is Cc1sc2nc(Cn3c(Br)nc4c(=O)n(C)c(=O)n(C)c43)[nH]c(=O)c2c1C. The topological polar surface area (TPSA) is 108 Å². The van der Waals surface area contributed by atoms with E-state index in [2.05, 4.69) is 30.9 Å². The van der Waals surface area contributed by atoms with Crippen LogP contribution in [0.25, 0.3) is 21.4 Å². The highest BCUT2D eigenvalue weighted by atomic mass is 79.9. The number of aryl methyl sites for hydroxylation is 3. The zero-order valence-electron chi connectivity index (χ0n) is 15.0. The van der Waals surface area contributed by atoms with Crippen molar-refractivity contribution in [1.82, 2.24) is 28.7 Å². The molecule has 0 aliphatic heterocycles. The van der Waals surface area contributed by atoms with Crippen molar-refractivity contribution in [3.8, 4) is 0 Å². The maximum atomic E-state index is 12.5. The van der Waals surface area contributed by atoms with Gasteiger partial charge in [-0.25, -0.2) is 14.8 Å². The summed E-state index contributed by atoms with van der Waals surface area (Å²) in [5.41, 5.74) is 0.308. The van der Waals surface area contributed by atoms with Crippen LogP contribution < -0.4 is 16.8 Å². The first-order valence-electron chi connectivity index (χ1n) is 8.01. The molecule has 0 spiro atoms. The van der Waals surface area contributed by atoms with Gasteiger partial charge in [0.15, 0.2) is 15.9 Å². The van der Waals surface area contributed by atoms with Crippen molar-refractivity contribution in [2.75, 3.05) is 0 Å². The molecule has 9 nitrogen and oxygen atoms in total. The maximum absolute atomic E-state index is 12.5. The van der Waals surface area contributed by atoms with Crippen molar-refractivity contribution in [3.05, 3.63) is 52.2 Å². The molecular formula is C16H15BrN6O3S. The summed E-state index contributed by atoms with van der Waals surface area (Å²) in [6, 6.07) is 0. The average molecular weight is 451 g/mol. The molecular weight excluding hydrogens is 436 g/mol. The van der Waals surface area contributed by atoms with Crippen LogP contribution in [-0.2, 0) is 20.6 Å². The van der Waals surface area contributed by atoms with Gasteiger partial charge in [0.1, 0.15) is 10.7 Å². The van der Waals surface area contributed by atoms with Crippen LogP contribution in [0.4, 0.5) is 0 Å². The minimum Gasteiger partial charge on any atom is -0.308 e. The summed E-state index contributed by atoms with van der Waals surface area (Å²) < 4.78 is 4.37. The third-order valence-electron chi connectivity index (χ3n) is 4.69. The molecule has 1 N–H and O–H groups in total. The van der Waals surface area contributed by atoms with E-state index >= 15 is 0 Å². The van der Waals surface area contributed by atoms with Gasteiger partial charge < -0.3 is 4.98 Å². The van der Waals surface area contributed by atoms with Gasteiger partial charge in [-0.3, -0.25) is 23.3 Å². The number of hydrogen-bond donors (Lipinski definition) is 1. The molecule has 0 fully saturated rings. The molecule has 4 heterocycles. The predicted octanol–water partition coefficient (Wildman–Crippen LogP) is 1.16. The lowest BCUT2D eigenvalue weighted by molar-refractivity contribution is 0.675. The van der Waals surface area contributed by atoms with E-state index in [-0.39, 0.29) is 17.6 Å². The Hall–Kier alpha value is -2.53. The third kappa shape index (κ3) is 2.52. The number of halogens is 1. The van der Waals surface area contributed by atoms with Crippen LogP contribution in [0.2, 0.25) is 0 Å². The van der Waals surface area contributed by atoms with Crippen molar-refractivity contribution in [2.45, 2.75) is 20.4 Å². The van der Waals surface area contributed by atoms with Gasteiger partial charge in [0.05, 0.1) is 11.9 Å². The molecule has 0 unspecified atom stereocenters. The van der Waals surface area contributed by atoms with Crippen molar-refractivity contribution >= 4 is 48.6 Å². The molecule has 0 radical (unpaired) electrons. The van der Waals surface area contributed by atoms with E-state index in [0.717, 1.165) is 15.0 Å². The first kappa shape index (κ1) is 17.9. The van der Waals surface area contributed by atoms with E-state index in [9.17, 15) is 14.4 Å². The number of H-pyrrole nitrogens is 1. The number of imidazole rings is 1. The van der Waals surface area contributed by atoms with Crippen LogP contribution in [0.1, 0.15) is 16.3 Å². The summed E-state index contributed by atoms with van der Waals surface area (Å²) >= 11 is 4.80. The number of hydrogen-bond acceptors (Lipinski definition) is 6. The summed E-state index contributed by atoms with van der Waals surface area (Å²) in [5, 5.41) is 0.595. The fourth-order valence-corrected chi connectivity index (χ4v) is 4.65. The molecule has 4 rings (SSSR count). The predicted molar refractivity (Wildman–Crippen MR) is 107 cm³/mol. The third-order valence-corrected chi connectivity index (χ3v) is 6.40. The van der Waals surface area contributed by atoms with Gasteiger partial charge in [0.2, 0.25) is 0 Å². The number of aromatic nitrogens is 6. The van der Waals surface area contributed by atoms with Crippen LogP contribution in [-0.4, -0.2) is 28.7 Å². The van der Waals surface area contributed by atoms with Gasteiger partial charge in [-0.15, -0.1) is 11.3 Å². The van der Waals surface area contributed by atoms with Crippen LogP contribution in [0, 0.1) is 13.8 Å². The summed E-state index contributed by atoms with van der Waals surface area (Å²) in [7, 11) is 2.98. The van der Waals surface area contributed by atoms with Crippen molar-refractivity contribution in [3.63, 3.8) is 0 Å². The monoisotopic (exact) mass is 450 g/mol. The molecule has 0 atom stereocenters. The van der Waals surface area contributed by atoms with Crippen LogP contribution >= 0.6 is 27.3 Å². The molecule has 0 aromatic carbocycles. The fourth-order valence-electron chi connectivity index (χ4n) is 3.13. The Kier molecular flexibility index (Phi) is 3.96. The molecule has 0 saturated carbocycles. The second-order valence-corrected chi connectivity index (χ2v) is 8.23. The number of rotatable bonds is 2. The second kappa shape index (κ2) is 5.99. The van der Waals surface area contributed by atoms with Gasteiger partial charge in [-0.1, -0.05) is 0 Å². The number of aromatic amines is 1. The van der Waals surface area contributed by atoms with Gasteiger partial charge in [-0.05, 0) is 35.3 Å². The average Bonchev–Trinajstić information content (AvgIpc) is 3.09. The Morgan fingerprint density at radius 3 is 2.52 bits per heavy atom. The lowest BCUT2D eigenvalue weighted by Gasteiger charge is -2.09. The highest BCUT2D eigenvalue weighted by Crippen LogP contribution is 2.26. The standard InChI is InChI=1S/C16H15BrN6O3S/c1-6-7(2)27-12-9(6)11(24)18-8(19-12)5-23-13-10(20-15(23)17)14(25)22(4)16(26)21(13)3/h5H2,1-4H3,(H,18,19,24). The van der Waals surface area contributed by atoms with Crippen LogP contribution in [0.5, 0.6) is 0 Å². The first-order chi connectivity index (χ1) is 12.7. The summed E-state index contributed by atoms with van der Waals surface area (Å²) in [6.07, 6.45) is 0. The molecule has 27 heavy (non-hydrogen) atoms. The molecule has 0 amide bonds. The summed E-state index contributed by atoms with van der Waals surface area (Å²) in [5.74, 6) is 0.418. The normalized spacial score (nSPS) is 11.7. The molecule has 0 aliphatic carbocycles.